The van der Waals surface area contributed by atoms with E-state index < -0.39 is 17.7 Å². The van der Waals surface area contributed by atoms with E-state index in [0.29, 0.717) is 31.4 Å². The van der Waals surface area contributed by atoms with Crippen LogP contribution < -0.4 is 4.90 Å². The number of hydrogen-bond donors (Lipinski definition) is 1. The quantitative estimate of drug-likeness (QED) is 0.0894. The molecule has 1 aromatic heterocycles. The molecular formula is C29H24ClN3O3S2. The van der Waals surface area contributed by atoms with Crippen LogP contribution in [0.25, 0.3) is 5.76 Å². The number of carbonyl (C=O) groups is 2. The summed E-state index contributed by atoms with van der Waals surface area (Å²) in [4.78, 5) is 28.2. The highest BCUT2D eigenvalue weighted by atomic mass is 35.5. The monoisotopic (exact) mass is 561 g/mol. The normalized spacial score (nSPS) is 16.8. The first-order chi connectivity index (χ1) is 18.2. The Morgan fingerprint density at radius 3 is 2.37 bits per heavy atom. The van der Waals surface area contributed by atoms with Gasteiger partial charge >= 0.3 is 5.91 Å². The summed E-state index contributed by atoms with van der Waals surface area (Å²) in [5.41, 5.74) is 5.12. The maximum Gasteiger partial charge on any atom is 0.301 e. The molecule has 0 spiro atoms. The average Bonchev–Trinajstić information content (AvgIpc) is 3.47. The fourth-order valence-corrected chi connectivity index (χ4v) is 6.26. The lowest BCUT2D eigenvalue weighted by Crippen LogP contribution is -2.29. The van der Waals surface area contributed by atoms with Crippen molar-refractivity contribution in [2.45, 2.75) is 36.9 Å². The molecule has 1 fully saturated rings. The maximum atomic E-state index is 13.4. The number of anilines is 1. The molecule has 0 bridgehead atoms. The van der Waals surface area contributed by atoms with E-state index in [-0.39, 0.29) is 11.3 Å². The van der Waals surface area contributed by atoms with Gasteiger partial charge in [0.15, 0.2) is 4.34 Å². The lowest BCUT2D eigenvalue weighted by Gasteiger charge is -2.23. The van der Waals surface area contributed by atoms with Gasteiger partial charge in [-0.1, -0.05) is 94.4 Å². The lowest BCUT2D eigenvalue weighted by molar-refractivity contribution is -0.132. The molecule has 4 aromatic rings. The van der Waals surface area contributed by atoms with E-state index in [9.17, 15) is 14.7 Å². The van der Waals surface area contributed by atoms with Crippen LogP contribution in [0.15, 0.2) is 76.6 Å². The van der Waals surface area contributed by atoms with Gasteiger partial charge in [0, 0.05) is 16.3 Å². The van der Waals surface area contributed by atoms with Crippen LogP contribution in [0.5, 0.6) is 0 Å². The van der Waals surface area contributed by atoms with Gasteiger partial charge in [-0.15, -0.1) is 10.2 Å². The molecule has 9 heteroatoms. The summed E-state index contributed by atoms with van der Waals surface area (Å²) in [5, 5.41) is 21.0. The van der Waals surface area contributed by atoms with Crippen LogP contribution in [0.3, 0.4) is 0 Å². The van der Waals surface area contributed by atoms with Gasteiger partial charge in [-0.2, -0.15) is 0 Å². The highest BCUT2D eigenvalue weighted by molar-refractivity contribution is 8.00. The summed E-state index contributed by atoms with van der Waals surface area (Å²) < 4.78 is 0.661. The van der Waals surface area contributed by atoms with Crippen molar-refractivity contribution in [2.75, 3.05) is 4.90 Å². The van der Waals surface area contributed by atoms with Crippen molar-refractivity contribution in [1.29, 1.82) is 0 Å². The summed E-state index contributed by atoms with van der Waals surface area (Å²) in [5.74, 6) is -1.04. The number of thioether (sulfide) groups is 1. The molecule has 1 unspecified atom stereocenters. The Kier molecular flexibility index (Phi) is 7.38. The third-order valence-corrected chi connectivity index (χ3v) is 8.74. The van der Waals surface area contributed by atoms with Crippen molar-refractivity contribution in [3.63, 3.8) is 0 Å². The molecule has 6 nitrogen and oxygen atoms in total. The number of rotatable bonds is 6. The number of amides is 1. The van der Waals surface area contributed by atoms with Crippen molar-refractivity contribution >= 4 is 57.3 Å². The van der Waals surface area contributed by atoms with Crippen molar-refractivity contribution in [3.05, 3.63) is 111 Å². The molecule has 0 radical (unpaired) electrons. The molecule has 0 aliphatic carbocycles. The first-order valence-electron chi connectivity index (χ1n) is 11.9. The van der Waals surface area contributed by atoms with E-state index in [4.69, 9.17) is 11.6 Å². The van der Waals surface area contributed by atoms with Gasteiger partial charge in [0.2, 0.25) is 5.13 Å². The molecule has 38 heavy (non-hydrogen) atoms. The van der Waals surface area contributed by atoms with Gasteiger partial charge in [-0.05, 0) is 55.7 Å². The highest BCUT2D eigenvalue weighted by Gasteiger charge is 2.48. The SMILES string of the molecule is Cc1ccc(C2C(=C(O)c3cc(C)ccc3C)C(=O)C(=O)N2c2nnc(SCc3ccc(Cl)cc3)s2)cc1. The van der Waals surface area contributed by atoms with Gasteiger partial charge in [-0.25, -0.2) is 0 Å². The van der Waals surface area contributed by atoms with E-state index in [1.165, 1.54) is 28.0 Å². The second-order valence-electron chi connectivity index (χ2n) is 9.16. The second kappa shape index (κ2) is 10.7. The number of aryl methyl sites for hydroxylation is 3. The largest absolute Gasteiger partial charge is 0.507 e. The van der Waals surface area contributed by atoms with Crippen LogP contribution in [0, 0.1) is 20.8 Å². The van der Waals surface area contributed by atoms with Crippen LogP contribution in [0.1, 0.15) is 39.4 Å². The third kappa shape index (κ3) is 5.12. The Morgan fingerprint density at radius 1 is 0.974 bits per heavy atom. The van der Waals surface area contributed by atoms with E-state index in [2.05, 4.69) is 10.2 Å². The molecule has 3 aromatic carbocycles. The first-order valence-corrected chi connectivity index (χ1v) is 14.1. The van der Waals surface area contributed by atoms with Gasteiger partial charge in [-0.3, -0.25) is 14.5 Å². The zero-order chi connectivity index (χ0) is 27.0. The smallest absolute Gasteiger partial charge is 0.301 e. The predicted molar refractivity (Wildman–Crippen MR) is 153 cm³/mol. The standard InChI is InChI=1S/C29H24ClN3O3S2/c1-16-5-10-20(11-6-16)24-23(25(34)22-14-17(2)4-7-18(22)3)26(35)27(36)33(24)28-31-32-29(38-28)37-15-19-8-12-21(30)13-9-19/h4-14,24,34H,15H2,1-3H3. The first kappa shape index (κ1) is 26.2. The van der Waals surface area contributed by atoms with E-state index in [1.54, 1.807) is 0 Å². The Hall–Kier alpha value is -3.46. The van der Waals surface area contributed by atoms with Crippen LogP contribution in [-0.4, -0.2) is 27.0 Å². The lowest BCUT2D eigenvalue weighted by atomic mass is 9.93. The summed E-state index contributed by atoms with van der Waals surface area (Å²) in [6.07, 6.45) is 0. The molecule has 1 aliphatic heterocycles. The number of Topliss-reactive ketones (excluding diaryl/α,β-unsaturated/α-hetero) is 1. The molecule has 192 valence electrons. The highest BCUT2D eigenvalue weighted by Crippen LogP contribution is 2.44. The number of ketones is 1. The zero-order valence-corrected chi connectivity index (χ0v) is 23.3. The fraction of sp³-hybridized carbons (Fsp3) is 0.172. The molecule has 1 aliphatic rings. The molecule has 1 atom stereocenters. The van der Waals surface area contributed by atoms with E-state index >= 15 is 0 Å². The van der Waals surface area contributed by atoms with Crippen LogP contribution in [-0.2, 0) is 15.3 Å². The van der Waals surface area contributed by atoms with Gasteiger partial charge < -0.3 is 5.11 Å². The molecule has 1 saturated heterocycles. The van der Waals surface area contributed by atoms with Crippen molar-refractivity contribution < 1.29 is 14.7 Å². The van der Waals surface area contributed by atoms with Crippen LogP contribution >= 0.6 is 34.7 Å². The number of nitrogens with zero attached hydrogens (tertiary/aromatic N) is 3. The van der Waals surface area contributed by atoms with Gasteiger partial charge in [0.05, 0.1) is 11.6 Å². The molecule has 1 amide bonds. The number of hydrogen-bond acceptors (Lipinski definition) is 7. The topological polar surface area (TPSA) is 83.4 Å². The Bertz CT molecular complexity index is 1560. The number of aromatic nitrogens is 2. The van der Waals surface area contributed by atoms with Gasteiger partial charge in [0.1, 0.15) is 5.76 Å². The van der Waals surface area contributed by atoms with Crippen molar-refractivity contribution in [3.8, 4) is 0 Å². The Balaban J connectivity index is 1.55. The van der Waals surface area contributed by atoms with Crippen molar-refractivity contribution in [2.24, 2.45) is 0 Å². The number of aliphatic hydroxyl groups excluding tert-OH is 1. The minimum absolute atomic E-state index is 0.0399. The minimum atomic E-state index is -0.836. The molecule has 5 rings (SSSR count). The number of halogens is 1. The zero-order valence-electron chi connectivity index (χ0n) is 20.9. The average molecular weight is 562 g/mol. The van der Waals surface area contributed by atoms with Crippen LogP contribution in [0.4, 0.5) is 5.13 Å². The van der Waals surface area contributed by atoms with Crippen molar-refractivity contribution in [1.82, 2.24) is 10.2 Å². The number of benzene rings is 3. The summed E-state index contributed by atoms with van der Waals surface area (Å²) >= 11 is 8.70. The summed E-state index contributed by atoms with van der Waals surface area (Å²) in [7, 11) is 0. The minimum Gasteiger partial charge on any atom is -0.507 e. The van der Waals surface area contributed by atoms with Crippen LogP contribution in [0.2, 0.25) is 5.02 Å². The fourth-order valence-electron chi connectivity index (χ4n) is 4.31. The van der Waals surface area contributed by atoms with Gasteiger partial charge in [0.25, 0.3) is 5.78 Å². The third-order valence-electron chi connectivity index (χ3n) is 6.36. The number of carbonyl (C=O) groups excluding carboxylic acids is 2. The van der Waals surface area contributed by atoms with E-state index in [0.717, 1.165) is 22.3 Å². The predicted octanol–water partition coefficient (Wildman–Crippen LogP) is 7.04. The Morgan fingerprint density at radius 2 is 1.66 bits per heavy atom. The molecular weight excluding hydrogens is 538 g/mol. The molecule has 2 heterocycles. The Labute approximate surface area is 234 Å². The summed E-state index contributed by atoms with van der Waals surface area (Å²) in [6, 6.07) is 19.9. The number of aliphatic hydroxyl groups is 1. The van der Waals surface area contributed by atoms with E-state index in [1.807, 2.05) is 87.5 Å². The second-order valence-corrected chi connectivity index (χ2v) is 11.8. The molecule has 0 saturated carbocycles. The maximum absolute atomic E-state index is 13.4. The molecule has 1 N–H and O–H groups in total. The summed E-state index contributed by atoms with van der Waals surface area (Å²) in [6.45, 7) is 5.74.